The van der Waals surface area contributed by atoms with Gasteiger partial charge in [0.15, 0.2) is 0 Å². The van der Waals surface area contributed by atoms with Crippen molar-refractivity contribution < 1.29 is 0 Å². The molecule has 2 N–H and O–H groups in total. The molecule has 1 nitrogen and oxygen atoms in total. The summed E-state index contributed by atoms with van der Waals surface area (Å²) in [5.41, 5.74) is 7.81. The van der Waals surface area contributed by atoms with E-state index < -0.39 is 0 Å². The van der Waals surface area contributed by atoms with E-state index in [1.165, 1.54) is 0 Å². The summed E-state index contributed by atoms with van der Waals surface area (Å²) < 4.78 is 0. The Balaban J connectivity index is 2.31. The standard InChI is InChI=1S/C15H13Cl4N/c16-11-5-4-9(7-14(11)19)6-10(8-20)15-12(17)2-1-3-13(15)18/h1-5,7,10H,6,8,20H2. The van der Waals surface area contributed by atoms with Gasteiger partial charge in [0, 0.05) is 16.0 Å². The molecule has 2 aromatic carbocycles. The molecule has 0 heterocycles. The monoisotopic (exact) mass is 347 g/mol. The summed E-state index contributed by atoms with van der Waals surface area (Å²) >= 11 is 24.4. The minimum Gasteiger partial charge on any atom is -0.330 e. The fourth-order valence-corrected chi connectivity index (χ4v) is 3.18. The van der Waals surface area contributed by atoms with Crippen molar-refractivity contribution in [1.29, 1.82) is 0 Å². The van der Waals surface area contributed by atoms with Crippen molar-refractivity contribution in [3.63, 3.8) is 0 Å². The van der Waals surface area contributed by atoms with Crippen molar-refractivity contribution in [3.05, 3.63) is 67.6 Å². The normalized spacial score (nSPS) is 12.4. The molecule has 0 saturated heterocycles. The average Bonchev–Trinajstić information content (AvgIpc) is 2.41. The van der Waals surface area contributed by atoms with Crippen LogP contribution in [-0.2, 0) is 6.42 Å². The third-order valence-electron chi connectivity index (χ3n) is 3.16. The van der Waals surface area contributed by atoms with Crippen LogP contribution in [0.15, 0.2) is 36.4 Å². The molecule has 106 valence electrons. The Morgan fingerprint density at radius 3 is 2.05 bits per heavy atom. The van der Waals surface area contributed by atoms with Gasteiger partial charge in [0.1, 0.15) is 0 Å². The van der Waals surface area contributed by atoms with E-state index in [1.54, 1.807) is 6.07 Å². The highest BCUT2D eigenvalue weighted by Crippen LogP contribution is 2.34. The van der Waals surface area contributed by atoms with Crippen molar-refractivity contribution in [3.8, 4) is 0 Å². The number of halogens is 4. The zero-order valence-electron chi connectivity index (χ0n) is 10.5. The van der Waals surface area contributed by atoms with Gasteiger partial charge < -0.3 is 5.73 Å². The Labute approximate surface area is 138 Å². The Hall–Kier alpha value is -0.440. The summed E-state index contributed by atoms with van der Waals surface area (Å²) in [5, 5.41) is 2.33. The summed E-state index contributed by atoms with van der Waals surface area (Å²) in [7, 11) is 0. The first-order valence-electron chi connectivity index (χ1n) is 6.10. The van der Waals surface area contributed by atoms with Crippen LogP contribution in [0.25, 0.3) is 0 Å². The molecular formula is C15H13Cl4N. The van der Waals surface area contributed by atoms with Crippen LogP contribution in [0, 0.1) is 0 Å². The van der Waals surface area contributed by atoms with Gasteiger partial charge in [0.25, 0.3) is 0 Å². The molecular weight excluding hydrogens is 336 g/mol. The third kappa shape index (κ3) is 3.60. The average molecular weight is 349 g/mol. The number of hydrogen-bond acceptors (Lipinski definition) is 1. The first kappa shape index (κ1) is 15.9. The van der Waals surface area contributed by atoms with E-state index >= 15 is 0 Å². The second kappa shape index (κ2) is 7.02. The Morgan fingerprint density at radius 1 is 0.850 bits per heavy atom. The van der Waals surface area contributed by atoms with Crippen molar-refractivity contribution in [1.82, 2.24) is 0 Å². The lowest BCUT2D eigenvalue weighted by Gasteiger charge is -2.18. The number of hydrogen-bond donors (Lipinski definition) is 1. The van der Waals surface area contributed by atoms with Gasteiger partial charge in [0.05, 0.1) is 10.0 Å². The SMILES string of the molecule is NCC(Cc1ccc(Cl)c(Cl)c1)c1c(Cl)cccc1Cl. The second-order valence-electron chi connectivity index (χ2n) is 4.52. The molecule has 0 amide bonds. The molecule has 0 saturated carbocycles. The van der Waals surface area contributed by atoms with Gasteiger partial charge in [-0.3, -0.25) is 0 Å². The maximum atomic E-state index is 6.24. The van der Waals surface area contributed by atoms with Crippen molar-refractivity contribution in [2.24, 2.45) is 5.73 Å². The van der Waals surface area contributed by atoms with Gasteiger partial charge in [-0.1, -0.05) is 58.5 Å². The Bertz CT molecular complexity index is 593. The van der Waals surface area contributed by atoms with Crippen molar-refractivity contribution in [2.45, 2.75) is 12.3 Å². The molecule has 0 spiro atoms. The molecule has 0 aliphatic heterocycles. The molecule has 0 aliphatic carbocycles. The van der Waals surface area contributed by atoms with Crippen molar-refractivity contribution in [2.75, 3.05) is 6.54 Å². The zero-order valence-corrected chi connectivity index (χ0v) is 13.6. The van der Waals surface area contributed by atoms with Crippen LogP contribution in [0.2, 0.25) is 20.1 Å². The maximum Gasteiger partial charge on any atom is 0.0595 e. The Morgan fingerprint density at radius 2 is 1.50 bits per heavy atom. The maximum absolute atomic E-state index is 6.24. The first-order valence-corrected chi connectivity index (χ1v) is 7.62. The second-order valence-corrected chi connectivity index (χ2v) is 6.15. The highest BCUT2D eigenvalue weighted by atomic mass is 35.5. The lowest BCUT2D eigenvalue weighted by molar-refractivity contribution is 0.695. The number of rotatable bonds is 4. The summed E-state index contributed by atoms with van der Waals surface area (Å²) in [6.45, 7) is 0.448. The highest BCUT2D eigenvalue weighted by molar-refractivity contribution is 6.42. The van der Waals surface area contributed by atoms with Crippen LogP contribution in [-0.4, -0.2) is 6.54 Å². The molecule has 2 aromatic rings. The first-order chi connectivity index (χ1) is 9.52. The van der Waals surface area contributed by atoms with Crippen molar-refractivity contribution >= 4 is 46.4 Å². The molecule has 2 rings (SSSR count). The molecule has 0 aliphatic rings. The molecule has 0 aromatic heterocycles. The number of benzene rings is 2. The molecule has 1 unspecified atom stereocenters. The predicted molar refractivity (Wildman–Crippen MR) is 88.4 cm³/mol. The van der Waals surface area contributed by atoms with Crippen LogP contribution >= 0.6 is 46.4 Å². The van der Waals surface area contributed by atoms with Crippen LogP contribution in [0.3, 0.4) is 0 Å². The number of nitrogens with two attached hydrogens (primary N) is 1. The fraction of sp³-hybridized carbons (Fsp3) is 0.200. The van der Waals surface area contributed by atoms with Crippen LogP contribution in [0.4, 0.5) is 0 Å². The smallest absolute Gasteiger partial charge is 0.0595 e. The quantitative estimate of drug-likeness (QED) is 0.766. The summed E-state index contributed by atoms with van der Waals surface area (Å²) in [5.74, 6) is 0.0356. The van der Waals surface area contributed by atoms with Gasteiger partial charge >= 0.3 is 0 Å². The van der Waals surface area contributed by atoms with E-state index in [4.69, 9.17) is 52.1 Å². The van der Waals surface area contributed by atoms with E-state index in [2.05, 4.69) is 0 Å². The van der Waals surface area contributed by atoms with E-state index in [-0.39, 0.29) is 5.92 Å². The summed E-state index contributed by atoms with van der Waals surface area (Å²) in [6, 6.07) is 11.0. The minimum absolute atomic E-state index is 0.0356. The van der Waals surface area contributed by atoms with E-state index in [1.807, 2.05) is 30.3 Å². The van der Waals surface area contributed by atoms with Crippen LogP contribution in [0.5, 0.6) is 0 Å². The van der Waals surface area contributed by atoms with Gasteiger partial charge in [-0.25, -0.2) is 0 Å². The van der Waals surface area contributed by atoms with Crippen LogP contribution < -0.4 is 5.73 Å². The molecule has 0 radical (unpaired) electrons. The zero-order chi connectivity index (χ0) is 14.7. The molecule has 0 fully saturated rings. The molecule has 0 bridgehead atoms. The lowest BCUT2D eigenvalue weighted by atomic mass is 9.92. The van der Waals surface area contributed by atoms with E-state index in [0.29, 0.717) is 33.1 Å². The van der Waals surface area contributed by atoms with E-state index in [9.17, 15) is 0 Å². The highest BCUT2D eigenvalue weighted by Gasteiger charge is 2.17. The lowest BCUT2D eigenvalue weighted by Crippen LogP contribution is -2.16. The summed E-state index contributed by atoms with van der Waals surface area (Å²) in [6.07, 6.45) is 0.705. The van der Waals surface area contributed by atoms with Gasteiger partial charge in [0.2, 0.25) is 0 Å². The fourth-order valence-electron chi connectivity index (χ4n) is 2.16. The largest absolute Gasteiger partial charge is 0.330 e. The molecule has 5 heteroatoms. The Kier molecular flexibility index (Phi) is 5.59. The van der Waals surface area contributed by atoms with Gasteiger partial charge in [-0.2, -0.15) is 0 Å². The van der Waals surface area contributed by atoms with Gasteiger partial charge in [-0.05, 0) is 48.4 Å². The predicted octanol–water partition coefficient (Wildman–Crippen LogP) is 5.59. The molecule has 20 heavy (non-hydrogen) atoms. The van der Waals surface area contributed by atoms with Gasteiger partial charge in [-0.15, -0.1) is 0 Å². The summed E-state index contributed by atoms with van der Waals surface area (Å²) in [4.78, 5) is 0. The van der Waals surface area contributed by atoms with Crippen LogP contribution in [0.1, 0.15) is 17.0 Å². The topological polar surface area (TPSA) is 26.0 Å². The third-order valence-corrected chi connectivity index (χ3v) is 4.56. The van der Waals surface area contributed by atoms with E-state index in [0.717, 1.165) is 11.1 Å². The molecule has 1 atom stereocenters. The minimum atomic E-state index is 0.0356.